The predicted molar refractivity (Wildman–Crippen MR) is 62.1 cm³/mol. The molecule has 0 fully saturated rings. The van der Waals surface area contributed by atoms with Crippen LogP contribution >= 0.6 is 11.6 Å². The zero-order valence-electron chi connectivity index (χ0n) is 8.93. The second-order valence-electron chi connectivity index (χ2n) is 3.74. The van der Waals surface area contributed by atoms with Crippen LogP contribution in [0.15, 0.2) is 24.3 Å². The van der Waals surface area contributed by atoms with Crippen LogP contribution in [0.3, 0.4) is 0 Å². The van der Waals surface area contributed by atoms with E-state index in [1.807, 2.05) is 13.0 Å². The number of aromatic amines is 1. The number of aromatic nitrogens is 2. The Morgan fingerprint density at radius 2 is 2.19 bits per heavy atom. The number of hydrogen-bond acceptors (Lipinski definition) is 1. The minimum Gasteiger partial charge on any atom is -0.283 e. The van der Waals surface area contributed by atoms with E-state index in [0.717, 1.165) is 11.4 Å². The first-order valence-electron chi connectivity index (χ1n) is 5.10. The molecule has 2 nitrogen and oxygen atoms in total. The van der Waals surface area contributed by atoms with E-state index in [-0.39, 0.29) is 5.82 Å². The molecule has 0 radical (unpaired) electrons. The van der Waals surface area contributed by atoms with E-state index in [4.69, 9.17) is 11.6 Å². The molecule has 16 heavy (non-hydrogen) atoms. The number of nitrogens with zero attached hydrogens (tertiary/aromatic N) is 1. The number of rotatable bonds is 3. The molecular weight excluding hydrogens is 227 g/mol. The van der Waals surface area contributed by atoms with Gasteiger partial charge >= 0.3 is 0 Å². The van der Waals surface area contributed by atoms with Gasteiger partial charge in [0.05, 0.1) is 5.69 Å². The SMILES string of the molecule is Cc1cc(CCc2c(F)cccc2Cl)n[nH]1. The van der Waals surface area contributed by atoms with Crippen molar-refractivity contribution >= 4 is 11.6 Å². The van der Waals surface area contributed by atoms with Gasteiger partial charge in [-0.2, -0.15) is 5.10 Å². The Labute approximate surface area is 98.4 Å². The topological polar surface area (TPSA) is 28.7 Å². The van der Waals surface area contributed by atoms with Crippen LogP contribution in [0.5, 0.6) is 0 Å². The number of halogens is 2. The van der Waals surface area contributed by atoms with Gasteiger partial charge in [0.1, 0.15) is 5.82 Å². The number of aryl methyl sites for hydroxylation is 2. The zero-order chi connectivity index (χ0) is 11.5. The summed E-state index contributed by atoms with van der Waals surface area (Å²) in [4.78, 5) is 0. The van der Waals surface area contributed by atoms with Crippen molar-refractivity contribution < 1.29 is 4.39 Å². The molecule has 1 N–H and O–H groups in total. The van der Waals surface area contributed by atoms with E-state index in [9.17, 15) is 4.39 Å². The van der Waals surface area contributed by atoms with Crippen LogP contribution in [0.1, 0.15) is 17.0 Å². The van der Waals surface area contributed by atoms with Crippen LogP contribution in [-0.2, 0) is 12.8 Å². The maximum Gasteiger partial charge on any atom is 0.127 e. The Balaban J connectivity index is 2.10. The third-order valence-electron chi connectivity index (χ3n) is 2.45. The van der Waals surface area contributed by atoms with Crippen molar-refractivity contribution in [1.29, 1.82) is 0 Å². The van der Waals surface area contributed by atoms with Crippen molar-refractivity contribution in [2.75, 3.05) is 0 Å². The minimum atomic E-state index is -0.250. The molecule has 2 aromatic rings. The fraction of sp³-hybridized carbons (Fsp3) is 0.250. The maximum absolute atomic E-state index is 13.4. The summed E-state index contributed by atoms with van der Waals surface area (Å²) in [5, 5.41) is 7.44. The predicted octanol–water partition coefficient (Wildman–Crippen LogP) is 3.30. The third kappa shape index (κ3) is 2.42. The van der Waals surface area contributed by atoms with E-state index in [2.05, 4.69) is 10.2 Å². The number of H-pyrrole nitrogens is 1. The Bertz CT molecular complexity index is 473. The number of hydrogen-bond donors (Lipinski definition) is 1. The van der Waals surface area contributed by atoms with Gasteiger partial charge in [-0.25, -0.2) is 4.39 Å². The molecule has 1 aromatic carbocycles. The lowest BCUT2D eigenvalue weighted by Crippen LogP contribution is -1.96. The third-order valence-corrected chi connectivity index (χ3v) is 2.81. The largest absolute Gasteiger partial charge is 0.283 e. The van der Waals surface area contributed by atoms with Crippen molar-refractivity contribution in [3.05, 3.63) is 52.1 Å². The molecule has 1 aromatic heterocycles. The summed E-state index contributed by atoms with van der Waals surface area (Å²) in [5.74, 6) is -0.250. The van der Waals surface area contributed by atoms with Crippen LogP contribution in [-0.4, -0.2) is 10.2 Å². The Hall–Kier alpha value is -1.35. The van der Waals surface area contributed by atoms with Crippen molar-refractivity contribution in [1.82, 2.24) is 10.2 Å². The van der Waals surface area contributed by atoms with Crippen molar-refractivity contribution in [2.45, 2.75) is 19.8 Å². The summed E-state index contributed by atoms with van der Waals surface area (Å²) in [6.07, 6.45) is 1.25. The lowest BCUT2D eigenvalue weighted by atomic mass is 10.1. The fourth-order valence-electron chi connectivity index (χ4n) is 1.63. The highest BCUT2D eigenvalue weighted by Crippen LogP contribution is 2.20. The summed E-state index contributed by atoms with van der Waals surface area (Å²) in [6, 6.07) is 6.70. The van der Waals surface area contributed by atoms with Gasteiger partial charge in [-0.3, -0.25) is 5.10 Å². The summed E-state index contributed by atoms with van der Waals surface area (Å²) >= 11 is 5.93. The Morgan fingerprint density at radius 3 is 2.81 bits per heavy atom. The Kier molecular flexibility index (Phi) is 3.25. The summed E-state index contributed by atoms with van der Waals surface area (Å²) in [6.45, 7) is 1.94. The zero-order valence-corrected chi connectivity index (χ0v) is 9.68. The van der Waals surface area contributed by atoms with E-state index < -0.39 is 0 Å². The molecule has 0 aliphatic heterocycles. The monoisotopic (exact) mass is 238 g/mol. The van der Waals surface area contributed by atoms with Gasteiger partial charge in [-0.05, 0) is 38.0 Å². The second-order valence-corrected chi connectivity index (χ2v) is 4.15. The summed E-state index contributed by atoms with van der Waals surface area (Å²) in [5.41, 5.74) is 2.50. The molecule has 0 saturated carbocycles. The molecule has 1 heterocycles. The molecule has 4 heteroatoms. The molecule has 0 spiro atoms. The van der Waals surface area contributed by atoms with Crippen LogP contribution in [0.4, 0.5) is 4.39 Å². The van der Waals surface area contributed by atoms with Gasteiger partial charge in [-0.1, -0.05) is 17.7 Å². The molecule has 0 unspecified atom stereocenters. The van der Waals surface area contributed by atoms with E-state index in [1.54, 1.807) is 12.1 Å². The number of nitrogens with one attached hydrogen (secondary N) is 1. The van der Waals surface area contributed by atoms with Gasteiger partial charge in [-0.15, -0.1) is 0 Å². The van der Waals surface area contributed by atoms with E-state index in [1.165, 1.54) is 6.07 Å². The first-order chi connectivity index (χ1) is 7.66. The standard InChI is InChI=1S/C12H12ClFN2/c1-8-7-9(16-15-8)5-6-10-11(13)3-2-4-12(10)14/h2-4,7H,5-6H2,1H3,(H,15,16). The molecule has 0 aliphatic rings. The smallest absolute Gasteiger partial charge is 0.127 e. The highest BCUT2D eigenvalue weighted by Gasteiger charge is 2.07. The molecule has 0 amide bonds. The quantitative estimate of drug-likeness (QED) is 0.873. The van der Waals surface area contributed by atoms with Gasteiger partial charge in [0, 0.05) is 16.3 Å². The van der Waals surface area contributed by atoms with Crippen molar-refractivity contribution in [3.8, 4) is 0 Å². The summed E-state index contributed by atoms with van der Waals surface area (Å²) < 4.78 is 13.4. The van der Waals surface area contributed by atoms with Gasteiger partial charge in [0.2, 0.25) is 0 Å². The maximum atomic E-state index is 13.4. The molecule has 0 saturated heterocycles. The van der Waals surface area contributed by atoms with Crippen molar-refractivity contribution in [3.63, 3.8) is 0 Å². The van der Waals surface area contributed by atoms with Crippen LogP contribution in [0, 0.1) is 12.7 Å². The van der Waals surface area contributed by atoms with Crippen molar-refractivity contribution in [2.24, 2.45) is 0 Å². The first-order valence-corrected chi connectivity index (χ1v) is 5.48. The lowest BCUT2D eigenvalue weighted by Gasteiger charge is -2.03. The molecule has 0 atom stereocenters. The van der Waals surface area contributed by atoms with Gasteiger partial charge in [0.15, 0.2) is 0 Å². The first kappa shape index (κ1) is 11.1. The molecule has 0 bridgehead atoms. The molecule has 84 valence electrons. The second kappa shape index (κ2) is 4.66. The van der Waals surface area contributed by atoms with Crippen LogP contribution in [0.25, 0.3) is 0 Å². The highest BCUT2D eigenvalue weighted by molar-refractivity contribution is 6.31. The average molecular weight is 239 g/mol. The van der Waals surface area contributed by atoms with E-state index in [0.29, 0.717) is 23.4 Å². The van der Waals surface area contributed by atoms with Crippen LogP contribution in [0.2, 0.25) is 5.02 Å². The Morgan fingerprint density at radius 1 is 1.38 bits per heavy atom. The van der Waals surface area contributed by atoms with Gasteiger partial charge in [0.25, 0.3) is 0 Å². The summed E-state index contributed by atoms with van der Waals surface area (Å²) in [7, 11) is 0. The lowest BCUT2D eigenvalue weighted by molar-refractivity contribution is 0.608. The molecule has 0 aliphatic carbocycles. The van der Waals surface area contributed by atoms with Crippen LogP contribution < -0.4 is 0 Å². The molecular formula is C12H12ClFN2. The number of benzene rings is 1. The highest BCUT2D eigenvalue weighted by atomic mass is 35.5. The van der Waals surface area contributed by atoms with Gasteiger partial charge < -0.3 is 0 Å². The minimum absolute atomic E-state index is 0.250. The van der Waals surface area contributed by atoms with E-state index >= 15 is 0 Å². The average Bonchev–Trinajstić information content (AvgIpc) is 2.63. The fourth-order valence-corrected chi connectivity index (χ4v) is 1.88. The molecule has 2 rings (SSSR count). The normalized spacial score (nSPS) is 10.7.